The van der Waals surface area contributed by atoms with Gasteiger partial charge in [-0.3, -0.25) is 9.69 Å². The molecule has 26 heavy (non-hydrogen) atoms. The molecule has 1 aromatic heterocycles. The Hall–Kier alpha value is -2.53. The van der Waals surface area contributed by atoms with Crippen LogP contribution in [0.5, 0.6) is 0 Å². The second-order valence-corrected chi connectivity index (χ2v) is 6.54. The number of carbonyl (C=O) groups is 1. The van der Waals surface area contributed by atoms with Crippen molar-refractivity contribution in [3.63, 3.8) is 0 Å². The van der Waals surface area contributed by atoms with Gasteiger partial charge in [0.1, 0.15) is 6.33 Å². The second kappa shape index (κ2) is 9.25. The molecule has 136 valence electrons. The van der Waals surface area contributed by atoms with Gasteiger partial charge in [-0.05, 0) is 12.0 Å². The lowest BCUT2D eigenvalue weighted by Gasteiger charge is -2.34. The van der Waals surface area contributed by atoms with Crippen molar-refractivity contribution in [2.75, 3.05) is 32.7 Å². The van der Waals surface area contributed by atoms with Crippen molar-refractivity contribution < 1.29 is 4.79 Å². The first-order valence-electron chi connectivity index (χ1n) is 9.30. The summed E-state index contributed by atoms with van der Waals surface area (Å²) in [6.07, 6.45) is 9.31. The van der Waals surface area contributed by atoms with Gasteiger partial charge in [-0.2, -0.15) is 0 Å². The van der Waals surface area contributed by atoms with E-state index >= 15 is 0 Å². The maximum atomic E-state index is 12.8. The number of amides is 1. The third-order valence-electron chi connectivity index (χ3n) is 4.64. The quantitative estimate of drug-likeness (QED) is 0.804. The highest BCUT2D eigenvalue weighted by Crippen LogP contribution is 2.12. The monoisotopic (exact) mass is 350 g/mol. The highest BCUT2D eigenvalue weighted by Gasteiger charge is 2.23. The molecule has 5 heteroatoms. The van der Waals surface area contributed by atoms with E-state index in [-0.39, 0.29) is 5.91 Å². The van der Waals surface area contributed by atoms with Gasteiger partial charge >= 0.3 is 0 Å². The SMILES string of the molecule is CCCc1ncncc1C(=O)N1CCN(CC=Cc2ccccc2)CC1. The fraction of sp³-hybridized carbons (Fsp3) is 0.381. The molecule has 0 saturated carbocycles. The summed E-state index contributed by atoms with van der Waals surface area (Å²) in [5.41, 5.74) is 2.74. The van der Waals surface area contributed by atoms with Crippen LogP contribution in [0.4, 0.5) is 0 Å². The Morgan fingerprint density at radius 1 is 1.15 bits per heavy atom. The highest BCUT2D eigenvalue weighted by molar-refractivity contribution is 5.95. The van der Waals surface area contributed by atoms with Gasteiger partial charge in [-0.15, -0.1) is 0 Å². The van der Waals surface area contributed by atoms with Gasteiger partial charge in [0.05, 0.1) is 11.3 Å². The Morgan fingerprint density at radius 3 is 2.65 bits per heavy atom. The van der Waals surface area contributed by atoms with Gasteiger partial charge in [0, 0.05) is 38.9 Å². The van der Waals surface area contributed by atoms with E-state index in [1.165, 1.54) is 11.9 Å². The molecule has 2 heterocycles. The average Bonchev–Trinajstić information content (AvgIpc) is 2.70. The summed E-state index contributed by atoms with van der Waals surface area (Å²) in [6, 6.07) is 10.3. The third kappa shape index (κ3) is 4.76. The number of rotatable bonds is 6. The zero-order valence-electron chi connectivity index (χ0n) is 15.3. The number of carbonyl (C=O) groups excluding carboxylic acids is 1. The summed E-state index contributed by atoms with van der Waals surface area (Å²) in [7, 11) is 0. The number of hydrogen-bond acceptors (Lipinski definition) is 4. The molecule has 0 spiro atoms. The molecule has 2 aromatic rings. The zero-order chi connectivity index (χ0) is 18.2. The number of hydrogen-bond donors (Lipinski definition) is 0. The molecule has 1 aliphatic rings. The standard InChI is InChI=1S/C21H26N4O/c1-2-7-20-19(16-22-17-23-20)21(26)25-14-12-24(13-15-25)11-6-10-18-8-4-3-5-9-18/h3-6,8-10,16-17H,2,7,11-15H2,1H3. The summed E-state index contributed by atoms with van der Waals surface area (Å²) in [4.78, 5) is 25.5. The van der Waals surface area contributed by atoms with Gasteiger partial charge in [-0.25, -0.2) is 9.97 Å². The summed E-state index contributed by atoms with van der Waals surface area (Å²) >= 11 is 0. The molecule has 5 nitrogen and oxygen atoms in total. The predicted octanol–water partition coefficient (Wildman–Crippen LogP) is 2.90. The van der Waals surface area contributed by atoms with Crippen LogP contribution in [-0.4, -0.2) is 58.4 Å². The first-order valence-corrected chi connectivity index (χ1v) is 9.30. The Morgan fingerprint density at radius 2 is 1.92 bits per heavy atom. The largest absolute Gasteiger partial charge is 0.336 e. The number of nitrogens with zero attached hydrogens (tertiary/aromatic N) is 4. The molecule has 0 radical (unpaired) electrons. The van der Waals surface area contributed by atoms with Crippen LogP contribution in [-0.2, 0) is 6.42 Å². The maximum absolute atomic E-state index is 12.8. The molecule has 1 saturated heterocycles. The van der Waals surface area contributed by atoms with Crippen LogP contribution < -0.4 is 0 Å². The molecule has 1 aliphatic heterocycles. The molecule has 0 aliphatic carbocycles. The first kappa shape index (κ1) is 18.3. The van der Waals surface area contributed by atoms with Crippen LogP contribution in [0.3, 0.4) is 0 Å². The Labute approximate surface area is 155 Å². The molecule has 0 atom stereocenters. The first-order chi connectivity index (χ1) is 12.8. The number of aryl methyl sites for hydroxylation is 1. The molecular formula is C21H26N4O. The van der Waals surface area contributed by atoms with Crippen molar-refractivity contribution in [2.24, 2.45) is 0 Å². The summed E-state index contributed by atoms with van der Waals surface area (Å²) in [5.74, 6) is 0.0635. The second-order valence-electron chi connectivity index (χ2n) is 6.54. The van der Waals surface area contributed by atoms with E-state index < -0.39 is 0 Å². The van der Waals surface area contributed by atoms with Crippen molar-refractivity contribution in [1.29, 1.82) is 0 Å². The molecule has 3 rings (SSSR count). The van der Waals surface area contributed by atoms with Crippen molar-refractivity contribution in [3.05, 3.63) is 65.8 Å². The van der Waals surface area contributed by atoms with Crippen LogP contribution in [0, 0.1) is 0 Å². The topological polar surface area (TPSA) is 49.3 Å². The van der Waals surface area contributed by atoms with E-state index in [1.54, 1.807) is 6.20 Å². The lowest BCUT2D eigenvalue weighted by Crippen LogP contribution is -2.48. The summed E-state index contributed by atoms with van der Waals surface area (Å²) in [5, 5.41) is 0. The Kier molecular flexibility index (Phi) is 6.50. The van der Waals surface area contributed by atoms with Crippen LogP contribution in [0.1, 0.15) is 35.0 Å². The van der Waals surface area contributed by atoms with Gasteiger partial charge in [0.25, 0.3) is 5.91 Å². The van der Waals surface area contributed by atoms with Crippen molar-refractivity contribution in [3.8, 4) is 0 Å². The highest BCUT2D eigenvalue weighted by atomic mass is 16.2. The van der Waals surface area contributed by atoms with Crippen LogP contribution in [0.25, 0.3) is 6.08 Å². The molecule has 0 unspecified atom stereocenters. The minimum absolute atomic E-state index is 0.0635. The van der Waals surface area contributed by atoms with Gasteiger partial charge in [0.15, 0.2) is 0 Å². The predicted molar refractivity (Wildman–Crippen MR) is 104 cm³/mol. The van der Waals surface area contributed by atoms with Crippen molar-refractivity contribution in [2.45, 2.75) is 19.8 Å². The minimum atomic E-state index is 0.0635. The normalized spacial score (nSPS) is 15.5. The van der Waals surface area contributed by atoms with E-state index in [4.69, 9.17) is 0 Å². The smallest absolute Gasteiger partial charge is 0.257 e. The van der Waals surface area contributed by atoms with E-state index in [0.717, 1.165) is 51.3 Å². The molecule has 1 fully saturated rings. The number of aromatic nitrogens is 2. The van der Waals surface area contributed by atoms with Crippen molar-refractivity contribution in [1.82, 2.24) is 19.8 Å². The van der Waals surface area contributed by atoms with E-state index in [1.807, 2.05) is 23.1 Å². The molecular weight excluding hydrogens is 324 g/mol. The molecule has 0 bridgehead atoms. The lowest BCUT2D eigenvalue weighted by atomic mass is 10.1. The van der Waals surface area contributed by atoms with Crippen molar-refractivity contribution >= 4 is 12.0 Å². The van der Waals surface area contributed by atoms with Gasteiger partial charge < -0.3 is 4.90 Å². The minimum Gasteiger partial charge on any atom is -0.336 e. The number of piperazine rings is 1. The van der Waals surface area contributed by atoms with Crippen LogP contribution in [0.15, 0.2) is 48.9 Å². The summed E-state index contributed by atoms with van der Waals surface area (Å²) < 4.78 is 0. The van der Waals surface area contributed by atoms with Gasteiger partial charge in [0.2, 0.25) is 0 Å². The fourth-order valence-electron chi connectivity index (χ4n) is 3.18. The molecule has 0 N–H and O–H groups in total. The lowest BCUT2D eigenvalue weighted by molar-refractivity contribution is 0.0648. The summed E-state index contributed by atoms with van der Waals surface area (Å²) in [6.45, 7) is 6.28. The third-order valence-corrected chi connectivity index (χ3v) is 4.64. The molecule has 1 amide bonds. The average molecular weight is 350 g/mol. The Balaban J connectivity index is 1.52. The fourth-order valence-corrected chi connectivity index (χ4v) is 3.18. The zero-order valence-corrected chi connectivity index (χ0v) is 15.3. The van der Waals surface area contributed by atoms with E-state index in [0.29, 0.717) is 5.56 Å². The van der Waals surface area contributed by atoms with Crippen LogP contribution in [0.2, 0.25) is 0 Å². The van der Waals surface area contributed by atoms with E-state index in [9.17, 15) is 4.79 Å². The molecule has 1 aromatic carbocycles. The number of benzene rings is 1. The van der Waals surface area contributed by atoms with Gasteiger partial charge in [-0.1, -0.05) is 55.8 Å². The maximum Gasteiger partial charge on any atom is 0.257 e. The van der Waals surface area contributed by atoms with Crippen LogP contribution >= 0.6 is 0 Å². The van der Waals surface area contributed by atoms with E-state index in [2.05, 4.69) is 46.1 Å². The Bertz CT molecular complexity index is 737.